The van der Waals surface area contributed by atoms with E-state index >= 15 is 0 Å². The Morgan fingerprint density at radius 1 is 1.44 bits per heavy atom. The van der Waals surface area contributed by atoms with Crippen molar-refractivity contribution in [3.8, 4) is 6.01 Å². The van der Waals surface area contributed by atoms with E-state index in [0.717, 1.165) is 5.56 Å². The first-order valence-corrected chi connectivity index (χ1v) is 8.29. The number of benzene rings is 1. The fraction of sp³-hybridized carbons (Fsp3) is 0.286. The lowest BCUT2D eigenvalue weighted by Gasteiger charge is -2.31. The van der Waals surface area contributed by atoms with E-state index in [0.29, 0.717) is 11.7 Å². The minimum atomic E-state index is -0.670. The number of H-pyrrole nitrogens is 1. The van der Waals surface area contributed by atoms with E-state index in [1.54, 1.807) is 4.57 Å². The number of thioether (sulfide) groups is 1. The Kier molecular flexibility index (Phi) is 3.64. The third kappa shape index (κ3) is 2.82. The first-order valence-electron chi connectivity index (χ1n) is 7.41. The van der Waals surface area contributed by atoms with Crippen LogP contribution in [0, 0.1) is 10.1 Å². The third-order valence-electron chi connectivity index (χ3n) is 3.94. The molecule has 0 amide bonds. The van der Waals surface area contributed by atoms with Gasteiger partial charge >= 0.3 is 11.8 Å². The summed E-state index contributed by atoms with van der Waals surface area (Å²) in [6, 6.07) is 10.1. The minimum Gasteiger partial charge on any atom is -0.436 e. The fourth-order valence-electron chi connectivity index (χ4n) is 2.87. The maximum absolute atomic E-state index is 10.9. The zero-order chi connectivity index (χ0) is 17.4. The van der Waals surface area contributed by atoms with Gasteiger partial charge in [-0.15, -0.1) is 5.10 Å². The molecule has 0 bridgehead atoms. The van der Waals surface area contributed by atoms with Crippen molar-refractivity contribution in [2.24, 2.45) is 0 Å². The van der Waals surface area contributed by atoms with Crippen LogP contribution in [-0.2, 0) is 6.54 Å². The topological polar surface area (TPSA) is 125 Å². The minimum absolute atomic E-state index is 0.149. The number of nitrogens with one attached hydrogen (secondary N) is 1. The molecule has 2 unspecified atom stereocenters. The van der Waals surface area contributed by atoms with Crippen LogP contribution < -0.4 is 4.74 Å². The van der Waals surface area contributed by atoms with Crippen molar-refractivity contribution in [1.82, 2.24) is 30.2 Å². The Hall–Kier alpha value is -2.95. The van der Waals surface area contributed by atoms with E-state index in [-0.39, 0.29) is 17.1 Å². The molecule has 1 aromatic carbocycles. The Bertz CT molecular complexity index is 873. The Morgan fingerprint density at radius 2 is 2.24 bits per heavy atom. The molecule has 2 atom stereocenters. The molecule has 11 heteroatoms. The number of fused-ring (bicyclic) bond motifs is 1. The SMILES string of the molecule is CC1(C(Sc2nnn[nH]2)c2ccccc2)Cn2cc([N+](=O)[O-])nc2O1. The van der Waals surface area contributed by atoms with Crippen molar-refractivity contribution in [3.63, 3.8) is 0 Å². The Balaban J connectivity index is 1.67. The number of aromatic nitrogens is 6. The molecule has 0 aliphatic carbocycles. The van der Waals surface area contributed by atoms with Crippen molar-refractivity contribution in [2.45, 2.75) is 29.5 Å². The van der Waals surface area contributed by atoms with Crippen molar-refractivity contribution >= 4 is 17.6 Å². The molecule has 128 valence electrons. The summed E-state index contributed by atoms with van der Waals surface area (Å²) in [5.74, 6) is -0.222. The van der Waals surface area contributed by atoms with E-state index in [4.69, 9.17) is 4.74 Å². The molecular weight excluding hydrogens is 346 g/mol. The average molecular weight is 359 g/mol. The number of rotatable bonds is 5. The standard InChI is InChI=1S/C14H13N7O3S/c1-14(8-20-7-10(21(22)23)15-13(20)24-14)11(9-5-3-2-4-6-9)25-12-16-18-19-17-12/h2-7,11H,8H2,1H3,(H,16,17,18,19). The molecule has 0 saturated heterocycles. The van der Waals surface area contributed by atoms with Crippen molar-refractivity contribution in [2.75, 3.05) is 0 Å². The van der Waals surface area contributed by atoms with Gasteiger partial charge in [-0.3, -0.25) is 4.57 Å². The molecule has 2 aromatic heterocycles. The van der Waals surface area contributed by atoms with E-state index in [1.165, 1.54) is 18.0 Å². The van der Waals surface area contributed by atoms with Crippen LogP contribution in [0.5, 0.6) is 6.01 Å². The highest BCUT2D eigenvalue weighted by Crippen LogP contribution is 2.47. The molecule has 3 aromatic rings. The highest BCUT2D eigenvalue weighted by atomic mass is 32.2. The normalized spacial score (nSPS) is 20.0. The largest absolute Gasteiger partial charge is 0.436 e. The maximum Gasteiger partial charge on any atom is 0.415 e. The van der Waals surface area contributed by atoms with Gasteiger partial charge in [-0.2, -0.15) is 0 Å². The van der Waals surface area contributed by atoms with Crippen LogP contribution in [-0.4, -0.2) is 40.7 Å². The molecule has 1 aliphatic rings. The number of hydrogen-bond acceptors (Lipinski definition) is 8. The molecule has 0 radical (unpaired) electrons. The van der Waals surface area contributed by atoms with Crippen LogP contribution in [0.3, 0.4) is 0 Å². The molecule has 1 aliphatic heterocycles. The highest BCUT2D eigenvalue weighted by molar-refractivity contribution is 7.99. The van der Waals surface area contributed by atoms with Crippen molar-refractivity contribution < 1.29 is 9.66 Å². The molecule has 0 saturated carbocycles. The molecule has 4 rings (SSSR count). The van der Waals surface area contributed by atoms with Gasteiger partial charge in [-0.05, 0) is 27.8 Å². The molecule has 1 N–H and O–H groups in total. The van der Waals surface area contributed by atoms with E-state index in [1.807, 2.05) is 37.3 Å². The van der Waals surface area contributed by atoms with Gasteiger partial charge in [0, 0.05) is 4.98 Å². The van der Waals surface area contributed by atoms with Gasteiger partial charge in [-0.25, -0.2) is 5.10 Å². The predicted molar refractivity (Wildman–Crippen MR) is 87.1 cm³/mol. The number of ether oxygens (including phenoxy) is 1. The smallest absolute Gasteiger partial charge is 0.415 e. The zero-order valence-corrected chi connectivity index (χ0v) is 13.9. The lowest BCUT2D eigenvalue weighted by Crippen LogP contribution is -2.37. The van der Waals surface area contributed by atoms with Crippen LogP contribution in [0.4, 0.5) is 5.82 Å². The van der Waals surface area contributed by atoms with Gasteiger partial charge in [0.05, 0.1) is 11.8 Å². The second-order valence-electron chi connectivity index (χ2n) is 5.80. The molecule has 3 heterocycles. The predicted octanol–water partition coefficient (Wildman–Crippen LogP) is 1.99. The summed E-state index contributed by atoms with van der Waals surface area (Å²) in [6.07, 6.45) is 1.39. The molecule has 0 spiro atoms. The van der Waals surface area contributed by atoms with Crippen LogP contribution in [0.15, 0.2) is 41.7 Å². The highest BCUT2D eigenvalue weighted by Gasteiger charge is 2.47. The Labute approximate surface area is 145 Å². The monoisotopic (exact) mass is 359 g/mol. The second kappa shape index (κ2) is 5.84. The molecule has 10 nitrogen and oxygen atoms in total. The van der Waals surface area contributed by atoms with Gasteiger partial charge in [0.2, 0.25) is 5.16 Å². The van der Waals surface area contributed by atoms with Gasteiger partial charge in [0.1, 0.15) is 11.8 Å². The molecule has 0 fully saturated rings. The van der Waals surface area contributed by atoms with Gasteiger partial charge in [0.25, 0.3) is 0 Å². The lowest BCUT2D eigenvalue weighted by atomic mass is 9.96. The number of aromatic amines is 1. The zero-order valence-electron chi connectivity index (χ0n) is 13.1. The van der Waals surface area contributed by atoms with Crippen molar-refractivity contribution in [3.05, 3.63) is 52.2 Å². The summed E-state index contributed by atoms with van der Waals surface area (Å²) < 4.78 is 7.69. The second-order valence-corrected chi connectivity index (χ2v) is 6.89. The third-order valence-corrected chi connectivity index (χ3v) is 5.34. The summed E-state index contributed by atoms with van der Waals surface area (Å²) in [7, 11) is 0. The van der Waals surface area contributed by atoms with Gasteiger partial charge in [0.15, 0.2) is 0 Å². The van der Waals surface area contributed by atoms with Gasteiger partial charge in [-0.1, -0.05) is 42.1 Å². The van der Waals surface area contributed by atoms with Crippen LogP contribution in [0.1, 0.15) is 17.7 Å². The number of nitro groups is 1. The summed E-state index contributed by atoms with van der Waals surface area (Å²) in [6.45, 7) is 2.37. The average Bonchev–Trinajstić information content (AvgIpc) is 3.28. The van der Waals surface area contributed by atoms with E-state index < -0.39 is 10.5 Å². The fourth-order valence-corrected chi connectivity index (χ4v) is 3.93. The maximum atomic E-state index is 10.9. The van der Waals surface area contributed by atoms with E-state index in [9.17, 15) is 10.1 Å². The molecular formula is C14H13N7O3S. The lowest BCUT2D eigenvalue weighted by molar-refractivity contribution is -0.389. The Morgan fingerprint density at radius 3 is 2.88 bits per heavy atom. The van der Waals surface area contributed by atoms with Crippen LogP contribution >= 0.6 is 11.8 Å². The van der Waals surface area contributed by atoms with Crippen LogP contribution in [0.25, 0.3) is 0 Å². The number of nitrogens with zero attached hydrogens (tertiary/aromatic N) is 6. The van der Waals surface area contributed by atoms with E-state index in [2.05, 4.69) is 25.6 Å². The summed E-state index contributed by atoms with van der Waals surface area (Å²) >= 11 is 1.44. The quantitative estimate of drug-likeness (QED) is 0.416. The van der Waals surface area contributed by atoms with Gasteiger partial charge < -0.3 is 14.9 Å². The summed E-state index contributed by atoms with van der Waals surface area (Å²) in [5.41, 5.74) is 0.364. The van der Waals surface area contributed by atoms with Crippen molar-refractivity contribution in [1.29, 1.82) is 0 Å². The summed E-state index contributed by atoms with van der Waals surface area (Å²) in [4.78, 5) is 14.3. The molecule has 25 heavy (non-hydrogen) atoms. The first-order chi connectivity index (χ1) is 12.0. The number of hydrogen-bond donors (Lipinski definition) is 1. The number of tetrazole rings is 1. The summed E-state index contributed by atoms with van der Waals surface area (Å²) in [5, 5.41) is 25.2. The number of imidazole rings is 1. The first kappa shape index (κ1) is 15.6. The van der Waals surface area contributed by atoms with Crippen LogP contribution in [0.2, 0.25) is 0 Å².